The Balaban J connectivity index is 1.68. The van der Waals surface area contributed by atoms with Gasteiger partial charge in [0.1, 0.15) is 17.0 Å². The van der Waals surface area contributed by atoms with Crippen molar-refractivity contribution in [2.24, 2.45) is 0 Å². The highest BCUT2D eigenvalue weighted by Gasteiger charge is 2.17. The number of halogens is 2. The fourth-order valence-electron chi connectivity index (χ4n) is 3.10. The molecule has 0 atom stereocenters. The van der Waals surface area contributed by atoms with E-state index in [0.29, 0.717) is 14.7 Å². The Hall–Kier alpha value is -3.10. The third-order valence-corrected chi connectivity index (χ3v) is 5.96. The van der Waals surface area contributed by atoms with E-state index in [4.69, 9.17) is 0 Å². The van der Waals surface area contributed by atoms with Crippen molar-refractivity contribution in [2.75, 3.05) is 5.43 Å². The highest BCUT2D eigenvalue weighted by Crippen LogP contribution is 2.35. The van der Waals surface area contributed by atoms with Crippen molar-refractivity contribution in [3.63, 3.8) is 0 Å². The molecular formula is C22H15BrFN3O2S. The zero-order valence-corrected chi connectivity index (χ0v) is 18.1. The number of hydrogen-bond acceptors (Lipinski definition) is 4. The van der Waals surface area contributed by atoms with Crippen molar-refractivity contribution in [3.05, 3.63) is 92.0 Å². The summed E-state index contributed by atoms with van der Waals surface area (Å²) in [5.74, 6) is -1.03. The zero-order valence-electron chi connectivity index (χ0n) is 15.7. The number of aromatic nitrogens is 2. The van der Waals surface area contributed by atoms with Crippen LogP contribution in [-0.4, -0.2) is 15.6 Å². The van der Waals surface area contributed by atoms with Gasteiger partial charge in [-0.2, -0.15) is 0 Å². The number of nitrogens with zero attached hydrogens (tertiary/aromatic N) is 2. The van der Waals surface area contributed by atoms with E-state index in [0.717, 1.165) is 20.7 Å². The van der Waals surface area contributed by atoms with E-state index in [9.17, 15) is 14.0 Å². The summed E-state index contributed by atoms with van der Waals surface area (Å²) >= 11 is 4.69. The first-order valence-corrected chi connectivity index (χ1v) is 10.6. The Bertz CT molecular complexity index is 1350. The maximum absolute atomic E-state index is 13.8. The second-order valence-corrected chi connectivity index (χ2v) is 8.59. The lowest BCUT2D eigenvalue weighted by molar-refractivity contribution is -0.112. The summed E-state index contributed by atoms with van der Waals surface area (Å²) in [4.78, 5) is 31.3. The van der Waals surface area contributed by atoms with Crippen LogP contribution in [-0.2, 0) is 4.79 Å². The molecule has 0 saturated carbocycles. The highest BCUT2D eigenvalue weighted by molar-refractivity contribution is 9.10. The van der Waals surface area contributed by atoms with Crippen LogP contribution in [0.5, 0.6) is 0 Å². The van der Waals surface area contributed by atoms with Crippen LogP contribution in [0.3, 0.4) is 0 Å². The van der Waals surface area contributed by atoms with Crippen molar-refractivity contribution in [1.82, 2.24) is 9.66 Å². The fraction of sp³-hybridized carbons (Fsp3) is 0.0455. The number of hydrogen-bond donors (Lipinski definition) is 1. The molecule has 0 fully saturated rings. The van der Waals surface area contributed by atoms with E-state index in [1.165, 1.54) is 35.9 Å². The van der Waals surface area contributed by atoms with Crippen molar-refractivity contribution in [2.45, 2.75) is 6.92 Å². The lowest BCUT2D eigenvalue weighted by Crippen LogP contribution is -2.32. The first kappa shape index (κ1) is 20.2. The lowest BCUT2D eigenvalue weighted by atomic mass is 10.0. The van der Waals surface area contributed by atoms with E-state index in [-0.39, 0.29) is 11.1 Å². The Morgan fingerprint density at radius 1 is 1.23 bits per heavy atom. The van der Waals surface area contributed by atoms with Gasteiger partial charge in [-0.05, 0) is 36.8 Å². The fourth-order valence-corrected chi connectivity index (χ4v) is 4.48. The van der Waals surface area contributed by atoms with E-state index in [1.807, 2.05) is 37.3 Å². The molecular weight excluding hydrogens is 469 g/mol. The summed E-state index contributed by atoms with van der Waals surface area (Å²) < 4.78 is 15.6. The van der Waals surface area contributed by atoms with Gasteiger partial charge in [-0.25, -0.2) is 14.1 Å². The molecule has 150 valence electrons. The van der Waals surface area contributed by atoms with E-state index in [2.05, 4.69) is 26.3 Å². The van der Waals surface area contributed by atoms with Gasteiger partial charge in [0.15, 0.2) is 0 Å². The molecule has 1 N–H and O–H groups in total. The number of amides is 1. The number of rotatable bonds is 4. The van der Waals surface area contributed by atoms with Crippen molar-refractivity contribution in [3.8, 4) is 11.1 Å². The number of carbonyl (C=O) groups is 1. The summed E-state index contributed by atoms with van der Waals surface area (Å²) in [6.07, 6.45) is 3.79. The summed E-state index contributed by atoms with van der Waals surface area (Å²) in [6.45, 7) is 1.94. The van der Waals surface area contributed by atoms with Crippen LogP contribution in [0.2, 0.25) is 0 Å². The molecule has 2 aromatic carbocycles. The van der Waals surface area contributed by atoms with E-state index >= 15 is 0 Å². The number of aryl methyl sites for hydroxylation is 1. The minimum absolute atomic E-state index is 0.250. The molecule has 4 rings (SSSR count). The molecule has 0 spiro atoms. The predicted molar refractivity (Wildman–Crippen MR) is 122 cm³/mol. The topological polar surface area (TPSA) is 64.0 Å². The quantitative estimate of drug-likeness (QED) is 0.409. The number of fused-ring (bicyclic) bond motifs is 1. The number of carbonyl (C=O) groups excluding carboxylic acids is 1. The third kappa shape index (κ3) is 3.96. The van der Waals surface area contributed by atoms with Crippen LogP contribution < -0.4 is 11.0 Å². The maximum Gasteiger partial charge on any atom is 0.281 e. The first-order valence-electron chi connectivity index (χ1n) is 8.94. The van der Waals surface area contributed by atoms with Gasteiger partial charge in [-0.3, -0.25) is 15.0 Å². The van der Waals surface area contributed by atoms with Crippen LogP contribution in [0.1, 0.15) is 10.4 Å². The first-order chi connectivity index (χ1) is 14.4. The summed E-state index contributed by atoms with van der Waals surface area (Å²) in [6, 6.07) is 14.0. The standard InChI is InChI=1S/C22H15BrFN3O2S/c1-13-19(14-5-3-2-4-6-14)20-21(30-13)25-12-27(22(20)29)26-18(28)10-7-15-11-16(23)8-9-17(15)24/h2-12H,1H3,(H,26,28)/b10-7+. The molecule has 2 aromatic heterocycles. The largest absolute Gasteiger partial charge is 0.281 e. The summed E-state index contributed by atoms with van der Waals surface area (Å²) in [5.41, 5.74) is 4.08. The molecule has 0 unspecified atom stereocenters. The van der Waals surface area contributed by atoms with Gasteiger partial charge in [0.05, 0.1) is 5.39 Å². The van der Waals surface area contributed by atoms with Gasteiger partial charge in [-0.15, -0.1) is 11.3 Å². The Labute approximate surface area is 183 Å². The molecule has 5 nitrogen and oxygen atoms in total. The SMILES string of the molecule is Cc1sc2ncn(NC(=O)/C=C/c3cc(Br)ccc3F)c(=O)c2c1-c1ccccc1. The molecule has 1 amide bonds. The molecule has 0 radical (unpaired) electrons. The normalized spacial score (nSPS) is 11.3. The van der Waals surface area contributed by atoms with Crippen LogP contribution in [0.25, 0.3) is 27.4 Å². The van der Waals surface area contributed by atoms with Crippen molar-refractivity contribution >= 4 is 49.5 Å². The molecule has 0 aliphatic heterocycles. The Kier molecular flexibility index (Phi) is 5.61. The monoisotopic (exact) mass is 483 g/mol. The molecule has 0 bridgehead atoms. The Morgan fingerprint density at radius 3 is 2.77 bits per heavy atom. The number of benzene rings is 2. The van der Waals surface area contributed by atoms with Gasteiger partial charge in [0.2, 0.25) is 0 Å². The average molecular weight is 484 g/mol. The van der Waals surface area contributed by atoms with Crippen LogP contribution in [0.15, 0.2) is 70.2 Å². The minimum atomic E-state index is -0.578. The highest BCUT2D eigenvalue weighted by atomic mass is 79.9. The molecule has 0 saturated heterocycles. The predicted octanol–water partition coefficient (Wildman–Crippen LogP) is 5.12. The number of nitrogens with one attached hydrogen (secondary N) is 1. The molecule has 8 heteroatoms. The van der Waals surface area contributed by atoms with Crippen LogP contribution in [0, 0.1) is 12.7 Å². The van der Waals surface area contributed by atoms with Gasteiger partial charge in [0, 0.05) is 26.6 Å². The third-order valence-electron chi connectivity index (χ3n) is 4.45. The van der Waals surface area contributed by atoms with Gasteiger partial charge >= 0.3 is 0 Å². The van der Waals surface area contributed by atoms with Crippen LogP contribution >= 0.6 is 27.3 Å². The molecule has 30 heavy (non-hydrogen) atoms. The van der Waals surface area contributed by atoms with E-state index < -0.39 is 11.7 Å². The zero-order chi connectivity index (χ0) is 21.3. The van der Waals surface area contributed by atoms with Crippen molar-refractivity contribution in [1.29, 1.82) is 0 Å². The second kappa shape index (κ2) is 8.33. The van der Waals surface area contributed by atoms with Crippen LogP contribution in [0.4, 0.5) is 4.39 Å². The van der Waals surface area contributed by atoms with Crippen molar-refractivity contribution < 1.29 is 9.18 Å². The Morgan fingerprint density at radius 2 is 2.00 bits per heavy atom. The summed E-state index contributed by atoms with van der Waals surface area (Å²) in [5, 5.41) is 0.452. The van der Waals surface area contributed by atoms with Gasteiger partial charge < -0.3 is 0 Å². The molecule has 2 heterocycles. The summed E-state index contributed by atoms with van der Waals surface area (Å²) in [7, 11) is 0. The maximum atomic E-state index is 13.8. The smallest absolute Gasteiger partial charge is 0.268 e. The van der Waals surface area contributed by atoms with Gasteiger partial charge in [0.25, 0.3) is 11.5 Å². The van der Waals surface area contributed by atoms with E-state index in [1.54, 1.807) is 12.1 Å². The lowest BCUT2D eigenvalue weighted by Gasteiger charge is -2.07. The second-order valence-electron chi connectivity index (χ2n) is 6.47. The van der Waals surface area contributed by atoms with Gasteiger partial charge in [-0.1, -0.05) is 46.3 Å². The number of thiophene rings is 1. The molecule has 0 aliphatic rings. The molecule has 0 aliphatic carbocycles. The molecule has 4 aromatic rings. The average Bonchev–Trinajstić information content (AvgIpc) is 3.08. The minimum Gasteiger partial charge on any atom is -0.268 e.